The van der Waals surface area contributed by atoms with Crippen molar-refractivity contribution in [1.82, 2.24) is 5.32 Å². The van der Waals surface area contributed by atoms with Crippen molar-refractivity contribution in [2.75, 3.05) is 6.54 Å². The summed E-state index contributed by atoms with van der Waals surface area (Å²) in [4.78, 5) is 0. The Bertz CT molecular complexity index is 422. The topological polar surface area (TPSA) is 35.8 Å². The van der Waals surface area contributed by atoms with Gasteiger partial charge in [0, 0.05) is 11.6 Å². The minimum absolute atomic E-state index is 0.150. The number of hydrogen-bond acceptors (Lipinski definition) is 2. The first kappa shape index (κ1) is 11.0. The van der Waals surface area contributed by atoms with Crippen molar-refractivity contribution in [3.8, 4) is 6.07 Å². The number of halogens is 2. The number of nitrogens with zero attached hydrogens (tertiary/aromatic N) is 1. The second-order valence-electron chi connectivity index (χ2n) is 4.02. The predicted octanol–water partition coefficient (Wildman–Crippen LogP) is 2.53. The van der Waals surface area contributed by atoms with E-state index >= 15 is 0 Å². The number of nitriles is 1. The summed E-state index contributed by atoms with van der Waals surface area (Å²) in [7, 11) is 0. The van der Waals surface area contributed by atoms with Gasteiger partial charge in [0.15, 0.2) is 0 Å². The number of rotatable bonds is 4. The molecule has 1 N–H and O–H groups in total. The van der Waals surface area contributed by atoms with E-state index in [0.717, 1.165) is 25.0 Å². The van der Waals surface area contributed by atoms with Crippen LogP contribution in [0, 0.1) is 28.9 Å². The summed E-state index contributed by atoms with van der Waals surface area (Å²) in [6.45, 7) is 0.150. The van der Waals surface area contributed by atoms with Crippen molar-refractivity contribution in [2.45, 2.75) is 18.9 Å². The number of benzene rings is 1. The van der Waals surface area contributed by atoms with Crippen LogP contribution in [-0.4, -0.2) is 6.54 Å². The highest BCUT2D eigenvalue weighted by atomic mass is 19.1. The molecule has 0 spiro atoms. The van der Waals surface area contributed by atoms with E-state index in [1.807, 2.05) is 6.07 Å². The van der Waals surface area contributed by atoms with Crippen LogP contribution in [0.15, 0.2) is 18.2 Å². The first-order chi connectivity index (χ1) is 7.72. The summed E-state index contributed by atoms with van der Waals surface area (Å²) in [6, 6.07) is 5.17. The van der Waals surface area contributed by atoms with Crippen molar-refractivity contribution in [2.24, 2.45) is 5.92 Å². The molecule has 0 aliphatic heterocycles. The van der Waals surface area contributed by atoms with E-state index in [-0.39, 0.29) is 12.6 Å². The van der Waals surface area contributed by atoms with E-state index in [9.17, 15) is 8.78 Å². The summed E-state index contributed by atoms with van der Waals surface area (Å²) < 4.78 is 26.6. The van der Waals surface area contributed by atoms with Crippen molar-refractivity contribution >= 4 is 0 Å². The van der Waals surface area contributed by atoms with E-state index in [2.05, 4.69) is 5.32 Å². The van der Waals surface area contributed by atoms with Gasteiger partial charge in [0.2, 0.25) is 0 Å². The summed E-state index contributed by atoms with van der Waals surface area (Å²) >= 11 is 0. The monoisotopic (exact) mass is 222 g/mol. The van der Waals surface area contributed by atoms with Crippen LogP contribution in [0.4, 0.5) is 8.78 Å². The lowest BCUT2D eigenvalue weighted by molar-refractivity contribution is 0.473. The number of nitrogens with one attached hydrogen (secondary N) is 1. The predicted molar refractivity (Wildman–Crippen MR) is 55.4 cm³/mol. The third kappa shape index (κ3) is 2.37. The highest BCUT2D eigenvalue weighted by molar-refractivity contribution is 5.24. The first-order valence-corrected chi connectivity index (χ1v) is 5.27. The summed E-state index contributed by atoms with van der Waals surface area (Å²) in [5, 5.41) is 11.5. The van der Waals surface area contributed by atoms with Crippen LogP contribution in [-0.2, 0) is 0 Å². The molecule has 1 unspecified atom stereocenters. The second-order valence-corrected chi connectivity index (χ2v) is 4.02. The van der Waals surface area contributed by atoms with Gasteiger partial charge in [0.05, 0.1) is 12.6 Å². The van der Waals surface area contributed by atoms with Gasteiger partial charge in [-0.15, -0.1) is 0 Å². The Hall–Kier alpha value is -1.47. The first-order valence-electron chi connectivity index (χ1n) is 5.27. The molecule has 0 radical (unpaired) electrons. The minimum atomic E-state index is -0.444. The normalized spacial score (nSPS) is 16.8. The molecule has 1 aliphatic carbocycles. The van der Waals surface area contributed by atoms with Gasteiger partial charge in [-0.3, -0.25) is 5.32 Å². The van der Waals surface area contributed by atoms with Crippen LogP contribution < -0.4 is 5.32 Å². The van der Waals surface area contributed by atoms with E-state index in [4.69, 9.17) is 5.26 Å². The molecule has 2 rings (SSSR count). The fraction of sp³-hybridized carbons (Fsp3) is 0.417. The van der Waals surface area contributed by atoms with Crippen LogP contribution in [0.2, 0.25) is 0 Å². The lowest BCUT2D eigenvalue weighted by Crippen LogP contribution is -2.24. The molecule has 0 amide bonds. The van der Waals surface area contributed by atoms with Crippen molar-refractivity contribution < 1.29 is 8.78 Å². The molecule has 0 aromatic heterocycles. The summed E-state index contributed by atoms with van der Waals surface area (Å²) in [6.07, 6.45) is 2.00. The Labute approximate surface area is 92.9 Å². The van der Waals surface area contributed by atoms with Gasteiger partial charge in [-0.2, -0.15) is 5.26 Å². The smallest absolute Gasteiger partial charge is 0.128 e. The molecule has 1 aliphatic rings. The third-order valence-electron chi connectivity index (χ3n) is 2.79. The molecule has 1 atom stereocenters. The molecule has 84 valence electrons. The third-order valence-corrected chi connectivity index (χ3v) is 2.79. The van der Waals surface area contributed by atoms with Gasteiger partial charge in [-0.25, -0.2) is 8.78 Å². The average Bonchev–Trinajstić information content (AvgIpc) is 3.08. The van der Waals surface area contributed by atoms with E-state index in [1.165, 1.54) is 6.07 Å². The zero-order chi connectivity index (χ0) is 11.5. The summed E-state index contributed by atoms with van der Waals surface area (Å²) in [5.41, 5.74) is 0.331. The Morgan fingerprint density at radius 1 is 1.44 bits per heavy atom. The van der Waals surface area contributed by atoms with Gasteiger partial charge in [-0.05, 0) is 37.0 Å². The van der Waals surface area contributed by atoms with Gasteiger partial charge in [0.25, 0.3) is 0 Å². The molecule has 1 saturated carbocycles. The molecule has 1 aromatic rings. The minimum Gasteiger partial charge on any atom is -0.297 e. The zero-order valence-corrected chi connectivity index (χ0v) is 8.71. The Balaban J connectivity index is 2.23. The maximum atomic E-state index is 13.5. The van der Waals surface area contributed by atoms with Crippen molar-refractivity contribution in [3.63, 3.8) is 0 Å². The molecule has 1 fully saturated rings. The van der Waals surface area contributed by atoms with Gasteiger partial charge in [0.1, 0.15) is 11.6 Å². The molecule has 0 saturated heterocycles. The fourth-order valence-corrected chi connectivity index (χ4v) is 1.87. The molecule has 4 heteroatoms. The average molecular weight is 222 g/mol. The molecule has 0 bridgehead atoms. The number of hydrogen-bond donors (Lipinski definition) is 1. The van der Waals surface area contributed by atoms with Gasteiger partial charge >= 0.3 is 0 Å². The van der Waals surface area contributed by atoms with Crippen LogP contribution in [0.1, 0.15) is 24.4 Å². The molecule has 0 heterocycles. The van der Waals surface area contributed by atoms with Gasteiger partial charge in [-0.1, -0.05) is 0 Å². The van der Waals surface area contributed by atoms with Crippen LogP contribution in [0.3, 0.4) is 0 Å². The van der Waals surface area contributed by atoms with Crippen molar-refractivity contribution in [3.05, 3.63) is 35.4 Å². The fourth-order valence-electron chi connectivity index (χ4n) is 1.87. The van der Waals surface area contributed by atoms with E-state index < -0.39 is 11.6 Å². The SMILES string of the molecule is N#CCNC(c1cc(F)ccc1F)C1CC1. The Morgan fingerprint density at radius 3 is 2.81 bits per heavy atom. The molecule has 16 heavy (non-hydrogen) atoms. The van der Waals surface area contributed by atoms with Crippen LogP contribution >= 0.6 is 0 Å². The second kappa shape index (κ2) is 4.58. The van der Waals surface area contributed by atoms with Crippen LogP contribution in [0.25, 0.3) is 0 Å². The quantitative estimate of drug-likeness (QED) is 0.794. The molecule has 1 aromatic carbocycles. The molecular formula is C12H12F2N2. The summed E-state index contributed by atoms with van der Waals surface area (Å²) in [5.74, 6) is -0.533. The molecule has 2 nitrogen and oxygen atoms in total. The lowest BCUT2D eigenvalue weighted by atomic mass is 10.0. The van der Waals surface area contributed by atoms with Gasteiger partial charge < -0.3 is 0 Å². The maximum absolute atomic E-state index is 13.5. The van der Waals surface area contributed by atoms with Crippen LogP contribution in [0.5, 0.6) is 0 Å². The maximum Gasteiger partial charge on any atom is 0.128 e. The largest absolute Gasteiger partial charge is 0.297 e. The standard InChI is InChI=1S/C12H12F2N2/c13-9-3-4-11(14)10(7-9)12(8-1-2-8)16-6-5-15/h3-4,7-8,12,16H,1-2,6H2. The molecular weight excluding hydrogens is 210 g/mol. The lowest BCUT2D eigenvalue weighted by Gasteiger charge is -2.17. The van der Waals surface area contributed by atoms with E-state index in [1.54, 1.807) is 0 Å². The van der Waals surface area contributed by atoms with Crippen molar-refractivity contribution in [1.29, 1.82) is 5.26 Å². The Morgan fingerprint density at radius 2 is 2.19 bits per heavy atom. The highest BCUT2D eigenvalue weighted by Crippen LogP contribution is 2.41. The van der Waals surface area contributed by atoms with E-state index in [0.29, 0.717) is 11.5 Å². The highest BCUT2D eigenvalue weighted by Gasteiger charge is 2.33. The Kier molecular flexibility index (Phi) is 3.16. The zero-order valence-electron chi connectivity index (χ0n) is 8.71.